The molecule has 0 amide bonds. The van der Waals surface area contributed by atoms with Crippen molar-refractivity contribution in [1.29, 1.82) is 0 Å². The maximum Gasteiger partial charge on any atom is 0.216 e. The standard InChI is InChI=1S/C12H16N4O2/c1-17-11(18-2)8-13-12-15-10-6-4-3-5-9(10)7-14-16-12/h3-7,11H,8H2,1-2H3,(H2,13,15,16). The van der Waals surface area contributed by atoms with Crippen LogP contribution in [0, 0.1) is 0 Å². The molecule has 0 fully saturated rings. The summed E-state index contributed by atoms with van der Waals surface area (Å²) in [6.07, 6.45) is 1.39. The number of aliphatic imine (C=N–C) groups is 1. The third-order valence-corrected chi connectivity index (χ3v) is 2.51. The van der Waals surface area contributed by atoms with Gasteiger partial charge in [0.2, 0.25) is 5.96 Å². The van der Waals surface area contributed by atoms with Crippen molar-refractivity contribution in [3.8, 4) is 0 Å². The number of methoxy groups -OCH3 is 2. The molecule has 0 bridgehead atoms. The zero-order valence-corrected chi connectivity index (χ0v) is 10.4. The smallest absolute Gasteiger partial charge is 0.216 e. The normalized spacial score (nSPS) is 16.1. The maximum atomic E-state index is 5.07. The number of nitrogens with zero attached hydrogens (tertiary/aromatic N) is 2. The highest BCUT2D eigenvalue weighted by Gasteiger charge is 2.08. The van der Waals surface area contributed by atoms with Crippen molar-refractivity contribution < 1.29 is 9.47 Å². The van der Waals surface area contributed by atoms with Crippen LogP contribution < -0.4 is 10.7 Å². The van der Waals surface area contributed by atoms with Crippen molar-refractivity contribution in [3.63, 3.8) is 0 Å². The molecule has 18 heavy (non-hydrogen) atoms. The SMILES string of the molecule is COC(CN=C1NN=Cc2ccccc2N1)OC. The summed E-state index contributed by atoms with van der Waals surface area (Å²) < 4.78 is 10.1. The molecule has 0 aliphatic carbocycles. The number of ether oxygens (including phenoxy) is 2. The Morgan fingerprint density at radius 3 is 2.83 bits per heavy atom. The van der Waals surface area contributed by atoms with Crippen LogP contribution in [-0.4, -0.2) is 39.2 Å². The predicted molar refractivity (Wildman–Crippen MR) is 70.9 cm³/mol. The van der Waals surface area contributed by atoms with Gasteiger partial charge in [-0.25, -0.2) is 10.4 Å². The lowest BCUT2D eigenvalue weighted by atomic mass is 10.2. The molecule has 0 saturated carbocycles. The number of fused-ring (bicyclic) bond motifs is 1. The second kappa shape index (κ2) is 6.13. The number of anilines is 1. The molecule has 0 saturated heterocycles. The van der Waals surface area contributed by atoms with Gasteiger partial charge in [0, 0.05) is 25.5 Å². The van der Waals surface area contributed by atoms with E-state index >= 15 is 0 Å². The average molecular weight is 248 g/mol. The third-order valence-electron chi connectivity index (χ3n) is 2.51. The van der Waals surface area contributed by atoms with Crippen LogP contribution in [0.5, 0.6) is 0 Å². The lowest BCUT2D eigenvalue weighted by Crippen LogP contribution is -2.28. The fourth-order valence-corrected chi connectivity index (χ4v) is 1.53. The van der Waals surface area contributed by atoms with Gasteiger partial charge in [0.15, 0.2) is 6.29 Å². The van der Waals surface area contributed by atoms with Crippen molar-refractivity contribution in [1.82, 2.24) is 5.43 Å². The first-order chi connectivity index (χ1) is 8.83. The lowest BCUT2D eigenvalue weighted by molar-refractivity contribution is -0.0937. The average Bonchev–Trinajstić information content (AvgIpc) is 2.61. The highest BCUT2D eigenvalue weighted by Crippen LogP contribution is 2.13. The van der Waals surface area contributed by atoms with Crippen molar-refractivity contribution in [2.75, 3.05) is 26.1 Å². The van der Waals surface area contributed by atoms with E-state index in [9.17, 15) is 0 Å². The Hall–Kier alpha value is -1.92. The van der Waals surface area contributed by atoms with Gasteiger partial charge in [-0.2, -0.15) is 5.10 Å². The number of benzene rings is 1. The van der Waals surface area contributed by atoms with Crippen LogP contribution in [0.25, 0.3) is 0 Å². The van der Waals surface area contributed by atoms with Crippen molar-refractivity contribution in [2.24, 2.45) is 10.1 Å². The van der Waals surface area contributed by atoms with Gasteiger partial charge in [0.1, 0.15) is 0 Å². The number of hydrogen-bond acceptors (Lipinski definition) is 4. The molecule has 0 unspecified atom stereocenters. The number of guanidine groups is 1. The Bertz CT molecular complexity index is 455. The first-order valence-corrected chi connectivity index (χ1v) is 5.58. The van der Waals surface area contributed by atoms with Crippen molar-refractivity contribution in [2.45, 2.75) is 6.29 Å². The molecule has 1 aromatic rings. The van der Waals surface area contributed by atoms with Crippen LogP contribution in [0.4, 0.5) is 5.69 Å². The van der Waals surface area contributed by atoms with Crippen LogP contribution in [0.2, 0.25) is 0 Å². The minimum absolute atomic E-state index is 0.358. The van der Waals surface area contributed by atoms with E-state index in [0.717, 1.165) is 11.3 Å². The molecule has 0 atom stereocenters. The number of rotatable bonds is 4. The molecule has 96 valence electrons. The molecule has 6 nitrogen and oxygen atoms in total. The quantitative estimate of drug-likeness (QED) is 0.780. The highest BCUT2D eigenvalue weighted by molar-refractivity contribution is 6.01. The molecule has 1 aliphatic rings. The summed E-state index contributed by atoms with van der Waals surface area (Å²) in [6.45, 7) is 0.389. The van der Waals surface area contributed by atoms with Crippen LogP contribution in [0.15, 0.2) is 34.4 Å². The molecular weight excluding hydrogens is 232 g/mol. The summed E-state index contributed by atoms with van der Waals surface area (Å²) in [7, 11) is 3.16. The fourth-order valence-electron chi connectivity index (χ4n) is 1.53. The van der Waals surface area contributed by atoms with Gasteiger partial charge in [-0.3, -0.25) is 0 Å². The van der Waals surface area contributed by atoms with Crippen molar-refractivity contribution >= 4 is 17.9 Å². The summed E-state index contributed by atoms with van der Waals surface area (Å²) in [6, 6.07) is 7.85. The first-order valence-electron chi connectivity index (χ1n) is 5.58. The van der Waals surface area contributed by atoms with Crippen LogP contribution in [0.3, 0.4) is 0 Å². The summed E-state index contributed by atoms with van der Waals surface area (Å²) in [4.78, 5) is 4.31. The minimum atomic E-state index is -0.358. The lowest BCUT2D eigenvalue weighted by Gasteiger charge is -2.12. The van der Waals surface area contributed by atoms with E-state index in [0.29, 0.717) is 12.5 Å². The van der Waals surface area contributed by atoms with Gasteiger partial charge in [-0.1, -0.05) is 18.2 Å². The molecule has 0 aromatic heterocycles. The van der Waals surface area contributed by atoms with E-state index in [2.05, 4.69) is 20.8 Å². The van der Waals surface area contributed by atoms with Crippen LogP contribution >= 0.6 is 0 Å². The largest absolute Gasteiger partial charge is 0.354 e. The molecule has 1 heterocycles. The molecule has 1 aromatic carbocycles. The third kappa shape index (κ3) is 3.06. The number of para-hydroxylation sites is 1. The van der Waals surface area contributed by atoms with E-state index in [4.69, 9.17) is 9.47 Å². The second-order valence-electron chi connectivity index (χ2n) is 3.67. The van der Waals surface area contributed by atoms with Crippen LogP contribution in [-0.2, 0) is 9.47 Å². The van der Waals surface area contributed by atoms with Gasteiger partial charge in [-0.05, 0) is 6.07 Å². The molecule has 1 aliphatic heterocycles. The topological polar surface area (TPSA) is 67.2 Å². The summed E-state index contributed by atoms with van der Waals surface area (Å²) in [5.74, 6) is 0.565. The number of hydrazone groups is 1. The Morgan fingerprint density at radius 1 is 1.28 bits per heavy atom. The maximum absolute atomic E-state index is 5.07. The number of nitrogens with one attached hydrogen (secondary N) is 2. The highest BCUT2D eigenvalue weighted by atomic mass is 16.7. The van der Waals surface area contributed by atoms with Gasteiger partial charge >= 0.3 is 0 Å². The molecule has 2 rings (SSSR count). The van der Waals surface area contributed by atoms with E-state index < -0.39 is 0 Å². The van der Waals surface area contributed by atoms with E-state index in [1.54, 1.807) is 20.4 Å². The Kier molecular flexibility index (Phi) is 4.27. The zero-order chi connectivity index (χ0) is 12.8. The first kappa shape index (κ1) is 12.5. The Balaban J connectivity index is 2.09. The van der Waals surface area contributed by atoms with E-state index in [1.165, 1.54) is 0 Å². The number of hydrogen-bond donors (Lipinski definition) is 2. The van der Waals surface area contributed by atoms with E-state index in [-0.39, 0.29) is 6.29 Å². The summed E-state index contributed by atoms with van der Waals surface area (Å²) >= 11 is 0. The monoisotopic (exact) mass is 248 g/mol. The summed E-state index contributed by atoms with van der Waals surface area (Å²) in [5.41, 5.74) is 4.79. The van der Waals surface area contributed by atoms with Gasteiger partial charge in [0.05, 0.1) is 12.8 Å². The Labute approximate surface area is 106 Å². The zero-order valence-electron chi connectivity index (χ0n) is 10.4. The summed E-state index contributed by atoms with van der Waals surface area (Å²) in [5, 5.41) is 7.24. The molecule has 6 heteroatoms. The van der Waals surface area contributed by atoms with Gasteiger partial charge in [-0.15, -0.1) is 0 Å². The fraction of sp³-hybridized carbons (Fsp3) is 0.333. The molecule has 2 N–H and O–H groups in total. The van der Waals surface area contributed by atoms with E-state index in [1.807, 2.05) is 24.3 Å². The minimum Gasteiger partial charge on any atom is -0.354 e. The predicted octanol–water partition coefficient (Wildman–Crippen LogP) is 1.01. The molecular formula is C12H16N4O2. The van der Waals surface area contributed by atoms with Gasteiger partial charge < -0.3 is 14.8 Å². The Morgan fingerprint density at radius 2 is 2.06 bits per heavy atom. The van der Waals surface area contributed by atoms with Crippen molar-refractivity contribution in [3.05, 3.63) is 29.8 Å². The molecule has 0 radical (unpaired) electrons. The van der Waals surface area contributed by atoms with Gasteiger partial charge in [0.25, 0.3) is 0 Å². The van der Waals surface area contributed by atoms with Crippen LogP contribution in [0.1, 0.15) is 5.56 Å². The second-order valence-corrected chi connectivity index (χ2v) is 3.67. The molecule has 0 spiro atoms.